The maximum absolute atomic E-state index is 10.7. The van der Waals surface area contributed by atoms with Crippen LogP contribution in [0.1, 0.15) is 22.3 Å². The van der Waals surface area contributed by atoms with Crippen molar-refractivity contribution in [3.8, 4) is 0 Å². The van der Waals surface area contributed by atoms with E-state index in [1.54, 1.807) is 25.1 Å². The molecule has 0 amide bonds. The van der Waals surface area contributed by atoms with Gasteiger partial charge in [0.25, 0.3) is 0 Å². The summed E-state index contributed by atoms with van der Waals surface area (Å²) in [7, 11) is 0. The zero-order valence-electron chi connectivity index (χ0n) is 8.94. The fourth-order valence-electron chi connectivity index (χ4n) is 1.69. The highest BCUT2D eigenvalue weighted by molar-refractivity contribution is 6.03. The zero-order chi connectivity index (χ0) is 13.1. The molecule has 0 aliphatic carbocycles. The number of fused-ring (bicyclic) bond motifs is 1. The Morgan fingerprint density at radius 1 is 0.500 bits per heavy atom. The fourth-order valence-corrected chi connectivity index (χ4v) is 1.69. The highest BCUT2D eigenvalue weighted by Crippen LogP contribution is 2.21. The molecule has 0 saturated heterocycles. The summed E-state index contributed by atoms with van der Waals surface area (Å²) in [4.78, 5) is 42.7. The van der Waals surface area contributed by atoms with Gasteiger partial charge in [-0.1, -0.05) is 0 Å². The lowest BCUT2D eigenvalue weighted by Crippen LogP contribution is -1.95. The summed E-state index contributed by atoms with van der Waals surface area (Å²) in [5.41, 5.74) is 0.212. The van der Waals surface area contributed by atoms with Crippen molar-refractivity contribution in [2.24, 2.45) is 0 Å². The van der Waals surface area contributed by atoms with E-state index in [1.165, 1.54) is 24.3 Å². The Morgan fingerprint density at radius 3 is 0.889 bits per heavy atom. The van der Waals surface area contributed by atoms with Crippen LogP contribution in [0.3, 0.4) is 0 Å². The largest absolute Gasteiger partial charge is 0.285 e. The molecule has 0 fully saturated rings. The highest BCUT2D eigenvalue weighted by Gasteiger charge is 2.09. The van der Waals surface area contributed by atoms with Gasteiger partial charge in [-0.05, 0) is 35.0 Å². The molecule has 0 aliphatic rings. The van der Waals surface area contributed by atoms with Gasteiger partial charge in [-0.15, -0.1) is 0 Å². The van der Waals surface area contributed by atoms with Crippen LogP contribution in [0.2, 0.25) is 0 Å². The SMILES string of the molecule is O=[C]c1cc2cc([C]=O)c([C]=O)cc2cc1[C]=O. The van der Waals surface area contributed by atoms with Crippen LogP contribution in [0.4, 0.5) is 0 Å². The molecular weight excluding hydrogens is 232 g/mol. The molecule has 18 heavy (non-hydrogen) atoms. The third kappa shape index (κ3) is 1.84. The fraction of sp³-hybridized carbons (Fsp3) is 0. The van der Waals surface area contributed by atoms with Crippen molar-refractivity contribution in [2.45, 2.75) is 0 Å². The van der Waals surface area contributed by atoms with Gasteiger partial charge in [-0.3, -0.25) is 19.2 Å². The van der Waals surface area contributed by atoms with E-state index in [1.807, 2.05) is 0 Å². The van der Waals surface area contributed by atoms with Crippen LogP contribution in [0.25, 0.3) is 10.8 Å². The molecule has 2 aromatic rings. The normalized spacial score (nSPS) is 10.0. The predicted molar refractivity (Wildman–Crippen MR) is 63.1 cm³/mol. The van der Waals surface area contributed by atoms with Gasteiger partial charge in [0.05, 0.1) is 0 Å². The van der Waals surface area contributed by atoms with Crippen molar-refractivity contribution in [3.05, 3.63) is 46.5 Å². The molecule has 4 nitrogen and oxygen atoms in total. The Bertz CT molecular complexity index is 558. The first-order valence-corrected chi connectivity index (χ1v) is 4.88. The van der Waals surface area contributed by atoms with Gasteiger partial charge in [0.15, 0.2) is 0 Å². The van der Waals surface area contributed by atoms with E-state index < -0.39 is 0 Å². The monoisotopic (exact) mass is 236 g/mol. The molecule has 0 bridgehead atoms. The Labute approximate surface area is 102 Å². The summed E-state index contributed by atoms with van der Waals surface area (Å²) in [6, 6.07) is 5.60. The Kier molecular flexibility index (Phi) is 3.10. The van der Waals surface area contributed by atoms with Crippen LogP contribution in [0, 0.1) is 0 Å². The van der Waals surface area contributed by atoms with Gasteiger partial charge in [0.1, 0.15) is 0 Å². The van der Waals surface area contributed by atoms with E-state index in [4.69, 9.17) is 0 Å². The Hall–Kier alpha value is -2.62. The van der Waals surface area contributed by atoms with Crippen LogP contribution in [-0.2, 0) is 19.2 Å². The molecule has 0 heterocycles. The van der Waals surface area contributed by atoms with Gasteiger partial charge in [0.2, 0.25) is 25.1 Å². The molecule has 0 aliphatic heterocycles. The minimum absolute atomic E-state index is 0.0529. The van der Waals surface area contributed by atoms with Gasteiger partial charge in [0, 0.05) is 22.3 Å². The highest BCUT2D eigenvalue weighted by atomic mass is 16.1. The summed E-state index contributed by atoms with van der Waals surface area (Å²) in [6.07, 6.45) is 6.47. The van der Waals surface area contributed by atoms with Crippen LogP contribution < -0.4 is 0 Å². The third-order valence-electron chi connectivity index (χ3n) is 2.55. The van der Waals surface area contributed by atoms with Crippen molar-refractivity contribution in [3.63, 3.8) is 0 Å². The van der Waals surface area contributed by atoms with E-state index in [-0.39, 0.29) is 22.3 Å². The smallest absolute Gasteiger partial charge is 0.234 e. The second-order valence-electron chi connectivity index (χ2n) is 3.55. The maximum Gasteiger partial charge on any atom is 0.234 e. The van der Waals surface area contributed by atoms with E-state index in [0.29, 0.717) is 10.8 Å². The molecular formula is C14H4O4. The molecule has 0 N–H and O–H groups in total. The van der Waals surface area contributed by atoms with Gasteiger partial charge >= 0.3 is 0 Å². The number of rotatable bonds is 4. The Morgan fingerprint density at radius 2 is 0.722 bits per heavy atom. The summed E-state index contributed by atoms with van der Waals surface area (Å²) >= 11 is 0. The van der Waals surface area contributed by atoms with Crippen molar-refractivity contribution >= 4 is 35.9 Å². The molecule has 4 radical (unpaired) electrons. The van der Waals surface area contributed by atoms with E-state index in [9.17, 15) is 19.2 Å². The van der Waals surface area contributed by atoms with Gasteiger partial charge in [-0.2, -0.15) is 0 Å². The molecule has 0 aromatic heterocycles. The number of benzene rings is 2. The second-order valence-corrected chi connectivity index (χ2v) is 3.55. The molecule has 84 valence electrons. The quantitative estimate of drug-likeness (QED) is 0.782. The van der Waals surface area contributed by atoms with Crippen molar-refractivity contribution in [1.82, 2.24) is 0 Å². The third-order valence-corrected chi connectivity index (χ3v) is 2.55. The molecule has 2 rings (SSSR count). The first kappa shape index (κ1) is 11.9. The lowest BCUT2D eigenvalue weighted by Gasteiger charge is -2.03. The Balaban J connectivity index is 2.84. The van der Waals surface area contributed by atoms with Crippen LogP contribution in [-0.4, -0.2) is 25.1 Å². The molecule has 0 saturated carbocycles. The average Bonchev–Trinajstić information content (AvgIpc) is 2.43. The molecule has 0 unspecified atom stereocenters. The van der Waals surface area contributed by atoms with Crippen LogP contribution >= 0.6 is 0 Å². The first-order chi connectivity index (χ1) is 8.73. The first-order valence-electron chi connectivity index (χ1n) is 4.88. The molecule has 4 heteroatoms. The van der Waals surface area contributed by atoms with Crippen LogP contribution in [0.15, 0.2) is 24.3 Å². The predicted octanol–water partition coefficient (Wildman–Crippen LogP) is 0.671. The molecule has 0 spiro atoms. The second kappa shape index (κ2) is 4.71. The lowest BCUT2D eigenvalue weighted by atomic mass is 9.98. The van der Waals surface area contributed by atoms with Crippen molar-refractivity contribution in [2.75, 3.05) is 0 Å². The van der Waals surface area contributed by atoms with E-state index >= 15 is 0 Å². The summed E-state index contributed by atoms with van der Waals surface area (Å²) < 4.78 is 0. The van der Waals surface area contributed by atoms with Crippen LogP contribution in [0.5, 0.6) is 0 Å². The summed E-state index contributed by atoms with van der Waals surface area (Å²) in [5, 5.41) is 1.06. The van der Waals surface area contributed by atoms with Gasteiger partial charge < -0.3 is 0 Å². The number of carbonyl (C=O) groups excluding carboxylic acids is 4. The number of hydrogen-bond acceptors (Lipinski definition) is 4. The average molecular weight is 236 g/mol. The maximum atomic E-state index is 10.7. The topological polar surface area (TPSA) is 68.3 Å². The summed E-state index contributed by atoms with van der Waals surface area (Å²) in [6.45, 7) is 0. The van der Waals surface area contributed by atoms with Crippen molar-refractivity contribution in [1.29, 1.82) is 0 Å². The molecule has 2 aromatic carbocycles. The zero-order valence-corrected chi connectivity index (χ0v) is 8.94. The van der Waals surface area contributed by atoms with Gasteiger partial charge in [-0.25, -0.2) is 0 Å². The standard InChI is InChI=1S/C14H4O4/c15-5-11-1-9-2-13(7-17)14(8-18)4-10(9)3-12(11)6-16/h1-4H. The number of hydrogen-bond donors (Lipinski definition) is 0. The molecule has 0 atom stereocenters. The summed E-state index contributed by atoms with van der Waals surface area (Å²) in [5.74, 6) is 0. The van der Waals surface area contributed by atoms with E-state index in [2.05, 4.69) is 0 Å². The van der Waals surface area contributed by atoms with E-state index in [0.717, 1.165) is 0 Å². The minimum atomic E-state index is 0.0529. The van der Waals surface area contributed by atoms with Crippen molar-refractivity contribution < 1.29 is 19.2 Å². The lowest BCUT2D eigenvalue weighted by molar-refractivity contribution is 0.558. The minimum Gasteiger partial charge on any atom is -0.285 e.